The number of carbonyl (C=O) groups is 2. The van der Waals surface area contributed by atoms with Crippen molar-refractivity contribution < 1.29 is 9.59 Å². The first-order chi connectivity index (χ1) is 14.9. The lowest BCUT2D eigenvalue weighted by atomic mass is 10.1. The van der Waals surface area contributed by atoms with Crippen molar-refractivity contribution in [1.82, 2.24) is 4.90 Å². The van der Waals surface area contributed by atoms with Gasteiger partial charge in [0.05, 0.1) is 22.2 Å². The number of rotatable bonds is 6. The van der Waals surface area contributed by atoms with E-state index in [0.29, 0.717) is 21.3 Å². The number of hydrogen-bond donors (Lipinski definition) is 0. The van der Waals surface area contributed by atoms with Gasteiger partial charge < -0.3 is 4.90 Å². The Morgan fingerprint density at radius 3 is 2.52 bits per heavy atom. The van der Waals surface area contributed by atoms with Gasteiger partial charge in [0.1, 0.15) is 4.32 Å². The van der Waals surface area contributed by atoms with Gasteiger partial charge in [-0.3, -0.25) is 14.5 Å². The highest BCUT2D eigenvalue weighted by molar-refractivity contribution is 9.10. The minimum Gasteiger partial charge on any atom is -0.308 e. The summed E-state index contributed by atoms with van der Waals surface area (Å²) in [6.45, 7) is 4.75. The zero-order chi connectivity index (χ0) is 22.1. The van der Waals surface area contributed by atoms with Gasteiger partial charge in [-0.1, -0.05) is 90.0 Å². The first-order valence-corrected chi connectivity index (χ1v) is 12.4. The van der Waals surface area contributed by atoms with Crippen LogP contribution in [-0.4, -0.2) is 27.6 Å². The number of thioether (sulfide) groups is 1. The highest BCUT2D eigenvalue weighted by atomic mass is 79.9. The number of fused-ring (bicyclic) bond motifs is 1. The zero-order valence-corrected chi connectivity index (χ0v) is 20.6. The van der Waals surface area contributed by atoms with Crippen LogP contribution < -0.4 is 4.90 Å². The third-order valence-corrected chi connectivity index (χ3v) is 7.55. The van der Waals surface area contributed by atoms with Crippen LogP contribution in [0.25, 0.3) is 5.57 Å². The average molecular weight is 515 g/mol. The molecule has 4 nitrogen and oxygen atoms in total. The Kier molecular flexibility index (Phi) is 6.65. The predicted octanol–water partition coefficient (Wildman–Crippen LogP) is 6.32. The van der Waals surface area contributed by atoms with Gasteiger partial charge in [-0.05, 0) is 37.1 Å². The third kappa shape index (κ3) is 4.11. The molecule has 1 atom stereocenters. The molecule has 0 aromatic heterocycles. The van der Waals surface area contributed by atoms with Gasteiger partial charge in [0, 0.05) is 16.6 Å². The van der Waals surface area contributed by atoms with E-state index in [4.69, 9.17) is 12.2 Å². The first kappa shape index (κ1) is 22.2. The molecule has 2 aliphatic rings. The number of halogens is 1. The number of thiocarbonyl (C=S) groups is 1. The molecule has 1 fully saturated rings. The maximum atomic E-state index is 13.5. The van der Waals surface area contributed by atoms with Gasteiger partial charge in [0.15, 0.2) is 0 Å². The SMILES string of the molecule is CCCCCN1C(=O)C(=C2SC(=S)N(C(C)c3ccccc3)C2=O)c2cc(Br)ccc21. The summed E-state index contributed by atoms with van der Waals surface area (Å²) in [6.07, 6.45) is 3.07. The van der Waals surface area contributed by atoms with Crippen LogP contribution in [0.5, 0.6) is 0 Å². The van der Waals surface area contributed by atoms with Crippen LogP contribution in [0.2, 0.25) is 0 Å². The van der Waals surface area contributed by atoms with Crippen molar-refractivity contribution in [2.75, 3.05) is 11.4 Å². The van der Waals surface area contributed by atoms with E-state index in [1.807, 2.05) is 55.5 Å². The summed E-state index contributed by atoms with van der Waals surface area (Å²) in [5.41, 5.74) is 3.13. The summed E-state index contributed by atoms with van der Waals surface area (Å²) in [7, 11) is 0. The van der Waals surface area contributed by atoms with E-state index in [2.05, 4.69) is 22.9 Å². The lowest BCUT2D eigenvalue weighted by Crippen LogP contribution is -2.32. The smallest absolute Gasteiger partial charge is 0.267 e. The number of hydrogen-bond acceptors (Lipinski definition) is 4. The quantitative estimate of drug-likeness (QED) is 0.257. The first-order valence-electron chi connectivity index (χ1n) is 10.4. The minimum atomic E-state index is -0.203. The predicted molar refractivity (Wildman–Crippen MR) is 135 cm³/mol. The Morgan fingerprint density at radius 2 is 1.81 bits per heavy atom. The molecule has 2 aromatic rings. The zero-order valence-electron chi connectivity index (χ0n) is 17.4. The Bertz CT molecular complexity index is 1080. The van der Waals surface area contributed by atoms with Crippen LogP contribution in [0, 0.1) is 0 Å². The highest BCUT2D eigenvalue weighted by Crippen LogP contribution is 2.47. The lowest BCUT2D eigenvalue weighted by Gasteiger charge is -2.23. The fourth-order valence-electron chi connectivity index (χ4n) is 4.01. The molecule has 0 spiro atoms. The van der Waals surface area contributed by atoms with E-state index in [1.54, 1.807) is 9.80 Å². The second-order valence-electron chi connectivity index (χ2n) is 7.66. The molecule has 2 aliphatic heterocycles. The van der Waals surface area contributed by atoms with Crippen molar-refractivity contribution in [2.24, 2.45) is 0 Å². The number of nitrogens with zero attached hydrogens (tertiary/aromatic N) is 2. The highest BCUT2D eigenvalue weighted by Gasteiger charge is 2.43. The molecule has 4 rings (SSSR count). The fourth-order valence-corrected chi connectivity index (χ4v) is 5.86. The summed E-state index contributed by atoms with van der Waals surface area (Å²) in [5, 5.41) is 0. The number of benzene rings is 2. The van der Waals surface area contributed by atoms with Crippen LogP contribution in [0.4, 0.5) is 5.69 Å². The molecule has 160 valence electrons. The van der Waals surface area contributed by atoms with Gasteiger partial charge in [-0.2, -0.15) is 0 Å². The number of amides is 2. The average Bonchev–Trinajstić information content (AvgIpc) is 3.20. The van der Waals surface area contributed by atoms with Crippen LogP contribution >= 0.6 is 39.9 Å². The van der Waals surface area contributed by atoms with Crippen LogP contribution in [0.15, 0.2) is 57.9 Å². The van der Waals surface area contributed by atoms with Crippen LogP contribution in [0.1, 0.15) is 50.3 Å². The topological polar surface area (TPSA) is 40.6 Å². The normalized spacial score (nSPS) is 19.4. The third-order valence-electron chi connectivity index (χ3n) is 5.66. The summed E-state index contributed by atoms with van der Waals surface area (Å²) >= 11 is 10.3. The molecule has 31 heavy (non-hydrogen) atoms. The lowest BCUT2D eigenvalue weighted by molar-refractivity contribution is -0.123. The Morgan fingerprint density at radius 1 is 1.06 bits per heavy atom. The van der Waals surface area contributed by atoms with E-state index in [-0.39, 0.29) is 17.9 Å². The molecular weight excluding hydrogens is 492 g/mol. The van der Waals surface area contributed by atoms with Gasteiger partial charge >= 0.3 is 0 Å². The Hall–Kier alpha value is -1.96. The number of unbranched alkanes of at least 4 members (excludes halogenated alkanes) is 2. The van der Waals surface area contributed by atoms with Crippen LogP contribution in [0.3, 0.4) is 0 Å². The molecule has 7 heteroatoms. The van der Waals surface area contributed by atoms with Gasteiger partial charge in [-0.25, -0.2) is 0 Å². The number of anilines is 1. The van der Waals surface area contributed by atoms with Crippen molar-refractivity contribution in [3.63, 3.8) is 0 Å². The molecular formula is C24H23BrN2O2S2. The standard InChI is InChI=1S/C24H23BrN2O2S2/c1-3-4-8-13-26-19-12-11-17(25)14-18(19)20(22(26)28)21-23(29)27(24(30)31-21)15(2)16-9-6-5-7-10-16/h5-7,9-12,14-15H,3-4,8,13H2,1-2H3. The summed E-state index contributed by atoms with van der Waals surface area (Å²) in [6, 6.07) is 15.4. The molecule has 1 saturated heterocycles. The molecule has 1 unspecified atom stereocenters. The Balaban J connectivity index is 1.74. The summed E-state index contributed by atoms with van der Waals surface area (Å²) in [4.78, 5) is 30.8. The van der Waals surface area contributed by atoms with Gasteiger partial charge in [0.25, 0.3) is 11.8 Å². The van der Waals surface area contributed by atoms with Gasteiger partial charge in [-0.15, -0.1) is 0 Å². The van der Waals surface area contributed by atoms with Gasteiger partial charge in [0.2, 0.25) is 0 Å². The molecule has 0 aliphatic carbocycles. The van der Waals surface area contributed by atoms with Crippen molar-refractivity contribution >= 4 is 67.3 Å². The molecule has 0 N–H and O–H groups in total. The van der Waals surface area contributed by atoms with Crippen molar-refractivity contribution in [3.05, 3.63) is 69.0 Å². The maximum absolute atomic E-state index is 13.5. The van der Waals surface area contributed by atoms with E-state index in [1.165, 1.54) is 11.8 Å². The summed E-state index contributed by atoms with van der Waals surface area (Å²) in [5.74, 6) is -0.312. The van der Waals surface area contributed by atoms with E-state index >= 15 is 0 Å². The van der Waals surface area contributed by atoms with Crippen molar-refractivity contribution in [3.8, 4) is 0 Å². The largest absolute Gasteiger partial charge is 0.308 e. The molecule has 2 aromatic carbocycles. The van der Waals surface area contributed by atoms with Crippen molar-refractivity contribution in [1.29, 1.82) is 0 Å². The summed E-state index contributed by atoms with van der Waals surface area (Å²) < 4.78 is 1.36. The second kappa shape index (κ2) is 9.27. The molecule has 2 heterocycles. The fraction of sp³-hybridized carbons (Fsp3) is 0.292. The molecule has 0 radical (unpaired) electrons. The Labute approximate surface area is 200 Å². The maximum Gasteiger partial charge on any atom is 0.267 e. The van der Waals surface area contributed by atoms with E-state index < -0.39 is 0 Å². The monoisotopic (exact) mass is 514 g/mol. The number of carbonyl (C=O) groups excluding carboxylic acids is 2. The van der Waals surface area contributed by atoms with Crippen LogP contribution in [-0.2, 0) is 9.59 Å². The molecule has 0 bridgehead atoms. The second-order valence-corrected chi connectivity index (χ2v) is 10.2. The molecule has 2 amide bonds. The molecule has 0 saturated carbocycles. The van der Waals surface area contributed by atoms with E-state index in [9.17, 15) is 9.59 Å². The van der Waals surface area contributed by atoms with Crippen molar-refractivity contribution in [2.45, 2.75) is 39.2 Å². The van der Waals surface area contributed by atoms with E-state index in [0.717, 1.165) is 40.5 Å². The minimum absolute atomic E-state index is 0.114.